The van der Waals surface area contributed by atoms with E-state index in [-0.39, 0.29) is 6.61 Å². The third-order valence-electron chi connectivity index (χ3n) is 3.82. The molecule has 0 amide bonds. The Morgan fingerprint density at radius 3 is 2.26 bits per heavy atom. The molecular formula is C18H30O5. The molecule has 0 aliphatic rings. The molecule has 0 radical (unpaired) electrons. The number of hydrogen-bond donors (Lipinski definition) is 3. The molecule has 0 aromatic carbocycles. The number of hydrogen-bond acceptors (Lipinski definition) is 4. The number of carbonyl (C=O) groups is 2. The Morgan fingerprint density at radius 1 is 1.13 bits per heavy atom. The zero-order chi connectivity index (χ0) is 17.8. The maximum Gasteiger partial charge on any atom is 0.328 e. The van der Waals surface area contributed by atoms with E-state index < -0.39 is 18.0 Å². The van der Waals surface area contributed by atoms with Gasteiger partial charge in [-0.15, -0.1) is 0 Å². The van der Waals surface area contributed by atoms with Crippen molar-refractivity contribution < 1.29 is 24.9 Å². The number of carbonyl (C=O) groups excluding carboxylic acids is 1. The Kier molecular flexibility index (Phi) is 11.3. The highest BCUT2D eigenvalue weighted by molar-refractivity contribution is 5.81. The fourth-order valence-corrected chi connectivity index (χ4v) is 2.65. The molecule has 0 aliphatic carbocycles. The third-order valence-corrected chi connectivity index (χ3v) is 3.82. The van der Waals surface area contributed by atoms with E-state index in [1.54, 1.807) is 6.92 Å². The highest BCUT2D eigenvalue weighted by atomic mass is 16.4. The first-order valence-corrected chi connectivity index (χ1v) is 8.12. The number of aldehydes is 1. The maximum absolute atomic E-state index is 10.6. The third kappa shape index (κ3) is 10.8. The molecule has 5 heteroatoms. The van der Waals surface area contributed by atoms with Crippen LogP contribution < -0.4 is 0 Å². The molecule has 5 nitrogen and oxygen atoms in total. The molecule has 132 valence electrons. The maximum atomic E-state index is 10.6. The molecule has 3 atom stereocenters. The lowest BCUT2D eigenvalue weighted by Crippen LogP contribution is -2.24. The first-order chi connectivity index (χ1) is 10.8. The second-order valence-corrected chi connectivity index (χ2v) is 6.36. The van der Waals surface area contributed by atoms with E-state index in [1.807, 2.05) is 13.0 Å². The molecule has 23 heavy (non-hydrogen) atoms. The minimum atomic E-state index is -0.935. The van der Waals surface area contributed by atoms with Crippen molar-refractivity contribution in [1.29, 1.82) is 0 Å². The van der Waals surface area contributed by atoms with E-state index in [2.05, 4.69) is 6.92 Å². The summed E-state index contributed by atoms with van der Waals surface area (Å²) in [5, 5.41) is 27.3. The van der Waals surface area contributed by atoms with Gasteiger partial charge in [0, 0.05) is 6.08 Å². The Morgan fingerprint density at radius 2 is 1.74 bits per heavy atom. The lowest BCUT2D eigenvalue weighted by Gasteiger charge is -2.16. The molecular weight excluding hydrogens is 296 g/mol. The molecule has 0 bridgehead atoms. The average molecular weight is 326 g/mol. The average Bonchev–Trinajstić information content (AvgIpc) is 2.43. The molecule has 0 spiro atoms. The van der Waals surface area contributed by atoms with Crippen LogP contribution in [0.1, 0.15) is 52.9 Å². The summed E-state index contributed by atoms with van der Waals surface area (Å²) < 4.78 is 0. The monoisotopic (exact) mass is 326 g/mol. The number of carboxylic acids is 1. The van der Waals surface area contributed by atoms with Gasteiger partial charge in [-0.2, -0.15) is 0 Å². The summed E-state index contributed by atoms with van der Waals surface area (Å²) in [6, 6.07) is 0. The lowest BCUT2D eigenvalue weighted by atomic mass is 9.93. The molecule has 0 heterocycles. The van der Waals surface area contributed by atoms with Crippen LogP contribution in [0.2, 0.25) is 0 Å². The molecule has 0 saturated carbocycles. The number of aliphatic hydroxyl groups excluding tert-OH is 2. The largest absolute Gasteiger partial charge is 0.478 e. The van der Waals surface area contributed by atoms with Gasteiger partial charge in [0.2, 0.25) is 0 Å². The number of carboxylic acid groups (broad SMARTS) is 1. The van der Waals surface area contributed by atoms with Crippen molar-refractivity contribution in [2.45, 2.75) is 59.0 Å². The van der Waals surface area contributed by atoms with Crippen LogP contribution in [0.5, 0.6) is 0 Å². The summed E-state index contributed by atoms with van der Waals surface area (Å²) in [5.41, 5.74) is 1.88. The van der Waals surface area contributed by atoms with Crippen molar-refractivity contribution in [1.82, 2.24) is 0 Å². The number of aliphatic hydroxyl groups is 2. The van der Waals surface area contributed by atoms with Crippen molar-refractivity contribution in [2.24, 2.45) is 11.8 Å². The SMILES string of the molecule is CC(=CC(=O)O)C=C(C)C[C@H](C)CCCC[C@@H](O)[C@H](C=O)CO. The van der Waals surface area contributed by atoms with Gasteiger partial charge in [-0.05, 0) is 38.2 Å². The minimum absolute atomic E-state index is 0.311. The molecule has 0 aliphatic heterocycles. The highest BCUT2D eigenvalue weighted by Gasteiger charge is 2.16. The van der Waals surface area contributed by atoms with Crippen LogP contribution in [-0.4, -0.2) is 40.3 Å². The smallest absolute Gasteiger partial charge is 0.328 e. The van der Waals surface area contributed by atoms with E-state index in [1.165, 1.54) is 6.08 Å². The normalized spacial score (nSPS) is 16.7. The van der Waals surface area contributed by atoms with Gasteiger partial charge in [-0.1, -0.05) is 37.8 Å². The van der Waals surface area contributed by atoms with Gasteiger partial charge in [-0.25, -0.2) is 4.79 Å². The Hall–Kier alpha value is -1.46. The van der Waals surface area contributed by atoms with Crippen LogP contribution in [0.25, 0.3) is 0 Å². The van der Waals surface area contributed by atoms with Gasteiger partial charge >= 0.3 is 5.97 Å². The van der Waals surface area contributed by atoms with Crippen LogP contribution in [0.4, 0.5) is 0 Å². The van der Waals surface area contributed by atoms with Gasteiger partial charge < -0.3 is 20.1 Å². The second-order valence-electron chi connectivity index (χ2n) is 6.36. The fourth-order valence-electron chi connectivity index (χ4n) is 2.65. The molecule has 0 aromatic heterocycles. The fraction of sp³-hybridized carbons (Fsp3) is 0.667. The number of aliphatic carboxylic acids is 1. The second kappa shape index (κ2) is 12.0. The van der Waals surface area contributed by atoms with Crippen molar-refractivity contribution in [3.8, 4) is 0 Å². The Labute approximate surface area is 138 Å². The van der Waals surface area contributed by atoms with Crippen molar-refractivity contribution >= 4 is 12.3 Å². The van der Waals surface area contributed by atoms with Gasteiger partial charge in [0.15, 0.2) is 0 Å². The summed E-state index contributed by atoms with van der Waals surface area (Å²) in [4.78, 5) is 21.2. The zero-order valence-corrected chi connectivity index (χ0v) is 14.4. The van der Waals surface area contributed by atoms with Crippen LogP contribution in [0, 0.1) is 11.8 Å². The van der Waals surface area contributed by atoms with Gasteiger partial charge in [-0.3, -0.25) is 0 Å². The van der Waals surface area contributed by atoms with Crippen molar-refractivity contribution in [3.63, 3.8) is 0 Å². The van der Waals surface area contributed by atoms with Crippen molar-refractivity contribution in [3.05, 3.63) is 23.3 Å². The predicted octanol–water partition coefficient (Wildman–Crippen LogP) is 2.72. The van der Waals surface area contributed by atoms with Gasteiger partial charge in [0.25, 0.3) is 0 Å². The van der Waals surface area contributed by atoms with E-state index in [0.29, 0.717) is 18.6 Å². The van der Waals surface area contributed by atoms with Gasteiger partial charge in [0.05, 0.1) is 18.6 Å². The molecule has 0 saturated heterocycles. The molecule has 0 unspecified atom stereocenters. The van der Waals surface area contributed by atoms with Crippen LogP contribution >= 0.6 is 0 Å². The molecule has 0 fully saturated rings. The van der Waals surface area contributed by atoms with Gasteiger partial charge in [0.1, 0.15) is 6.29 Å². The minimum Gasteiger partial charge on any atom is -0.478 e. The summed E-state index contributed by atoms with van der Waals surface area (Å²) in [7, 11) is 0. The van der Waals surface area contributed by atoms with Crippen LogP contribution in [0.15, 0.2) is 23.3 Å². The first-order valence-electron chi connectivity index (χ1n) is 8.12. The van der Waals surface area contributed by atoms with E-state index in [9.17, 15) is 14.7 Å². The highest BCUT2D eigenvalue weighted by Crippen LogP contribution is 2.20. The van der Waals surface area contributed by atoms with Crippen molar-refractivity contribution in [2.75, 3.05) is 6.61 Å². The number of rotatable bonds is 12. The first kappa shape index (κ1) is 21.5. The van der Waals surface area contributed by atoms with E-state index in [0.717, 1.165) is 36.8 Å². The lowest BCUT2D eigenvalue weighted by molar-refractivity contribution is -0.131. The summed E-state index contributed by atoms with van der Waals surface area (Å²) in [6.07, 6.45) is 7.12. The number of unbranched alkanes of at least 4 members (excludes halogenated alkanes) is 1. The van der Waals surface area contributed by atoms with Crippen LogP contribution in [-0.2, 0) is 9.59 Å². The Balaban J connectivity index is 4.08. The van der Waals surface area contributed by atoms with Crippen LogP contribution in [0.3, 0.4) is 0 Å². The topological polar surface area (TPSA) is 94.8 Å². The predicted molar refractivity (Wildman–Crippen MR) is 90.0 cm³/mol. The zero-order valence-electron chi connectivity index (χ0n) is 14.4. The van der Waals surface area contributed by atoms with E-state index in [4.69, 9.17) is 10.2 Å². The molecule has 3 N–H and O–H groups in total. The summed E-state index contributed by atoms with van der Waals surface area (Å²) >= 11 is 0. The van der Waals surface area contributed by atoms with E-state index >= 15 is 0 Å². The number of allylic oxidation sites excluding steroid dienone is 3. The molecule has 0 aromatic rings. The quantitative estimate of drug-likeness (QED) is 0.222. The summed E-state index contributed by atoms with van der Waals surface area (Å²) in [6.45, 7) is 5.60. The summed E-state index contributed by atoms with van der Waals surface area (Å²) in [5.74, 6) is -1.14. The molecule has 0 rings (SSSR count). The Bertz CT molecular complexity index is 425. The standard InChI is InChI=1S/C18H30O5/c1-13(8-14(2)9-15(3)10-18(22)23)6-4-5-7-17(21)16(11-19)12-20/h9-11,13,16-17,20-21H,4-8,12H2,1-3H3,(H,22,23)/t13-,16-,17-/m1/s1.